The highest BCUT2D eigenvalue weighted by molar-refractivity contribution is 6.33. The fourth-order valence-corrected chi connectivity index (χ4v) is 6.00. The van der Waals surface area contributed by atoms with E-state index in [0.29, 0.717) is 29.6 Å². The van der Waals surface area contributed by atoms with Crippen LogP contribution in [-0.4, -0.2) is 68.8 Å². The number of carbonyl (C=O) groups is 1. The summed E-state index contributed by atoms with van der Waals surface area (Å²) in [5.41, 5.74) is 1.69. The van der Waals surface area contributed by atoms with Crippen LogP contribution in [0.2, 0.25) is 5.15 Å². The molecule has 2 aromatic heterocycles. The van der Waals surface area contributed by atoms with E-state index in [0.717, 1.165) is 50.1 Å². The zero-order valence-electron chi connectivity index (χ0n) is 22.1. The van der Waals surface area contributed by atoms with E-state index in [9.17, 15) is 4.79 Å². The van der Waals surface area contributed by atoms with Crippen LogP contribution in [0.3, 0.4) is 0 Å². The van der Waals surface area contributed by atoms with Gasteiger partial charge < -0.3 is 19.1 Å². The van der Waals surface area contributed by atoms with Crippen molar-refractivity contribution in [3.63, 3.8) is 0 Å². The van der Waals surface area contributed by atoms with Gasteiger partial charge in [-0.1, -0.05) is 41.9 Å². The van der Waals surface area contributed by atoms with Crippen molar-refractivity contribution in [3.05, 3.63) is 59.6 Å². The standard InChI is InChI=1S/C29H38ClN5O2/c1-29(2,3)37-28(36)34(13-11-21-7-5-4-6-8-21)19-23-17-33(18-23)16-22-9-10-24(15-22)35-14-12-25-26(30)31-20-32-27(25)35/h4-8,12,14,20,22-24H,9-11,13,15-19H2,1-3H3. The lowest BCUT2D eigenvalue weighted by molar-refractivity contribution is 0.00817. The lowest BCUT2D eigenvalue weighted by Gasteiger charge is -2.43. The summed E-state index contributed by atoms with van der Waals surface area (Å²) in [4.78, 5) is 26.0. The number of likely N-dealkylation sites (tertiary alicyclic amines) is 1. The van der Waals surface area contributed by atoms with Crippen LogP contribution in [0.5, 0.6) is 0 Å². The molecule has 198 valence electrons. The van der Waals surface area contributed by atoms with Crippen molar-refractivity contribution in [1.82, 2.24) is 24.3 Å². The Kier molecular flexibility index (Phi) is 7.72. The van der Waals surface area contributed by atoms with Crippen LogP contribution in [-0.2, 0) is 11.2 Å². The molecule has 2 atom stereocenters. The number of carbonyl (C=O) groups excluding carboxylic acids is 1. The Hall–Kier alpha value is -2.64. The monoisotopic (exact) mass is 523 g/mol. The summed E-state index contributed by atoms with van der Waals surface area (Å²) in [6, 6.07) is 12.8. The molecule has 2 fully saturated rings. The molecule has 37 heavy (non-hydrogen) atoms. The van der Waals surface area contributed by atoms with E-state index in [1.807, 2.05) is 49.9 Å². The molecule has 1 saturated heterocycles. The Morgan fingerprint density at radius 1 is 1.11 bits per heavy atom. The lowest BCUT2D eigenvalue weighted by Crippen LogP contribution is -2.54. The summed E-state index contributed by atoms with van der Waals surface area (Å²) in [5, 5.41) is 1.45. The Morgan fingerprint density at radius 3 is 2.65 bits per heavy atom. The highest BCUT2D eigenvalue weighted by Crippen LogP contribution is 2.38. The fourth-order valence-electron chi connectivity index (χ4n) is 5.81. The molecule has 8 heteroatoms. The van der Waals surface area contributed by atoms with Crippen LogP contribution < -0.4 is 0 Å². The fraction of sp³-hybridized carbons (Fsp3) is 0.552. The quantitative estimate of drug-likeness (QED) is 0.347. The largest absolute Gasteiger partial charge is 0.444 e. The van der Waals surface area contributed by atoms with Gasteiger partial charge in [-0.05, 0) is 64.0 Å². The van der Waals surface area contributed by atoms with Gasteiger partial charge in [0.05, 0.1) is 5.39 Å². The second kappa shape index (κ2) is 11.0. The highest BCUT2D eigenvalue weighted by Gasteiger charge is 2.35. The van der Waals surface area contributed by atoms with Gasteiger partial charge in [-0.3, -0.25) is 0 Å². The summed E-state index contributed by atoms with van der Waals surface area (Å²) in [6.07, 6.45) is 7.85. The van der Waals surface area contributed by atoms with E-state index in [4.69, 9.17) is 16.3 Å². The molecule has 0 bridgehead atoms. The minimum absolute atomic E-state index is 0.205. The van der Waals surface area contributed by atoms with Crippen molar-refractivity contribution in [2.24, 2.45) is 11.8 Å². The van der Waals surface area contributed by atoms with Gasteiger partial charge in [-0.15, -0.1) is 0 Å². The second-order valence-corrected chi connectivity index (χ2v) is 12.1. The minimum atomic E-state index is -0.491. The number of fused-ring (bicyclic) bond motifs is 1. The molecular weight excluding hydrogens is 486 g/mol. The predicted molar refractivity (Wildman–Crippen MR) is 147 cm³/mol. The number of benzene rings is 1. The van der Waals surface area contributed by atoms with Crippen molar-refractivity contribution in [1.29, 1.82) is 0 Å². The molecule has 1 aromatic carbocycles. The topological polar surface area (TPSA) is 63.5 Å². The number of halogens is 1. The molecule has 1 saturated carbocycles. The molecule has 1 aliphatic carbocycles. The van der Waals surface area contributed by atoms with Crippen LogP contribution in [0.15, 0.2) is 48.9 Å². The Bertz CT molecular complexity index is 1200. The molecule has 0 N–H and O–H groups in total. The third kappa shape index (κ3) is 6.44. The summed E-state index contributed by atoms with van der Waals surface area (Å²) < 4.78 is 8.02. The average molecular weight is 524 g/mol. The van der Waals surface area contributed by atoms with Crippen LogP contribution in [0.4, 0.5) is 4.79 Å². The van der Waals surface area contributed by atoms with Gasteiger partial charge in [0.25, 0.3) is 0 Å². The number of amides is 1. The normalized spacial score (nSPS) is 20.8. The SMILES string of the molecule is CC(C)(C)OC(=O)N(CCc1ccccc1)CC1CN(CC2CCC(n3ccc4c(Cl)ncnc43)C2)C1. The van der Waals surface area contributed by atoms with Crippen molar-refractivity contribution < 1.29 is 9.53 Å². The number of ether oxygens (including phenoxy) is 1. The highest BCUT2D eigenvalue weighted by atomic mass is 35.5. The van der Waals surface area contributed by atoms with E-state index < -0.39 is 5.60 Å². The Morgan fingerprint density at radius 2 is 1.89 bits per heavy atom. The summed E-state index contributed by atoms with van der Waals surface area (Å²) in [7, 11) is 0. The number of hydrogen-bond acceptors (Lipinski definition) is 5. The number of rotatable bonds is 8. The summed E-state index contributed by atoms with van der Waals surface area (Å²) in [5.74, 6) is 1.17. The first-order valence-corrected chi connectivity index (χ1v) is 13.8. The third-order valence-corrected chi connectivity index (χ3v) is 7.86. The molecule has 0 radical (unpaired) electrons. The van der Waals surface area contributed by atoms with Gasteiger partial charge in [0.1, 0.15) is 22.7 Å². The molecule has 2 aliphatic rings. The van der Waals surface area contributed by atoms with Crippen LogP contribution >= 0.6 is 11.6 Å². The summed E-state index contributed by atoms with van der Waals surface area (Å²) >= 11 is 6.25. The van der Waals surface area contributed by atoms with Crippen molar-refractivity contribution >= 4 is 28.7 Å². The van der Waals surface area contributed by atoms with Gasteiger partial charge in [0.15, 0.2) is 0 Å². The van der Waals surface area contributed by atoms with Gasteiger partial charge in [-0.25, -0.2) is 14.8 Å². The number of hydrogen-bond donors (Lipinski definition) is 0. The Balaban J connectivity index is 1.11. The molecule has 3 heterocycles. The first-order chi connectivity index (χ1) is 17.7. The molecule has 1 amide bonds. The smallest absolute Gasteiger partial charge is 0.410 e. The molecule has 7 nitrogen and oxygen atoms in total. The maximum Gasteiger partial charge on any atom is 0.410 e. The van der Waals surface area contributed by atoms with E-state index in [1.54, 1.807) is 6.33 Å². The van der Waals surface area contributed by atoms with E-state index in [2.05, 4.69) is 37.8 Å². The second-order valence-electron chi connectivity index (χ2n) is 11.7. The van der Waals surface area contributed by atoms with Crippen molar-refractivity contribution in [2.45, 2.75) is 58.1 Å². The zero-order valence-corrected chi connectivity index (χ0v) is 22.9. The number of aromatic nitrogens is 3. The molecule has 3 aromatic rings. The maximum absolute atomic E-state index is 12.9. The van der Waals surface area contributed by atoms with Crippen molar-refractivity contribution in [2.75, 3.05) is 32.7 Å². The first kappa shape index (κ1) is 26.0. The van der Waals surface area contributed by atoms with Gasteiger partial charge in [0.2, 0.25) is 0 Å². The molecule has 5 rings (SSSR count). The Labute approximate surface area is 224 Å². The van der Waals surface area contributed by atoms with Crippen LogP contribution in [0.25, 0.3) is 11.0 Å². The molecule has 1 aliphatic heterocycles. The predicted octanol–water partition coefficient (Wildman–Crippen LogP) is 5.84. The van der Waals surface area contributed by atoms with Crippen LogP contribution in [0.1, 0.15) is 51.6 Å². The first-order valence-electron chi connectivity index (χ1n) is 13.5. The van der Waals surface area contributed by atoms with Crippen LogP contribution in [0, 0.1) is 11.8 Å². The van der Waals surface area contributed by atoms with Crippen molar-refractivity contribution in [3.8, 4) is 0 Å². The molecule has 2 unspecified atom stereocenters. The molecular formula is C29H38ClN5O2. The minimum Gasteiger partial charge on any atom is -0.444 e. The molecule has 0 spiro atoms. The van der Waals surface area contributed by atoms with Gasteiger partial charge in [0, 0.05) is 50.9 Å². The van der Waals surface area contributed by atoms with Gasteiger partial charge >= 0.3 is 6.09 Å². The number of nitrogens with zero attached hydrogens (tertiary/aromatic N) is 5. The van der Waals surface area contributed by atoms with E-state index >= 15 is 0 Å². The summed E-state index contributed by atoms with van der Waals surface area (Å²) in [6.45, 7) is 10.4. The average Bonchev–Trinajstić information content (AvgIpc) is 3.47. The third-order valence-electron chi connectivity index (χ3n) is 7.56. The lowest BCUT2D eigenvalue weighted by atomic mass is 9.96. The van der Waals surface area contributed by atoms with Gasteiger partial charge in [-0.2, -0.15) is 0 Å². The van der Waals surface area contributed by atoms with E-state index in [1.165, 1.54) is 18.4 Å². The maximum atomic E-state index is 12.9. The zero-order chi connectivity index (χ0) is 26.0. The van der Waals surface area contributed by atoms with E-state index in [-0.39, 0.29) is 6.09 Å².